The second-order valence-corrected chi connectivity index (χ2v) is 24.6. The van der Waals surface area contributed by atoms with E-state index in [1.807, 2.05) is 6.08 Å². The van der Waals surface area contributed by atoms with E-state index in [2.05, 4.69) is 43.5 Å². The van der Waals surface area contributed by atoms with E-state index in [9.17, 15) is 45.6 Å². The van der Waals surface area contributed by atoms with Crippen LogP contribution in [0.4, 0.5) is 0 Å². The third kappa shape index (κ3) is 39.0. The van der Waals surface area contributed by atoms with E-state index in [0.717, 1.165) is 44.9 Å². The molecule has 14 nitrogen and oxygen atoms in total. The fourth-order valence-corrected chi connectivity index (χ4v) is 11.5. The Morgan fingerprint density at radius 3 is 1.18 bits per heavy atom. The highest BCUT2D eigenvalue weighted by Gasteiger charge is 2.51. The van der Waals surface area contributed by atoms with E-state index in [1.165, 1.54) is 225 Å². The lowest BCUT2D eigenvalue weighted by Gasteiger charge is -2.46. The topological polar surface area (TPSA) is 228 Å². The van der Waals surface area contributed by atoms with Crippen molar-refractivity contribution < 1.29 is 64.6 Å². The molecule has 2 fully saturated rings. The Morgan fingerprint density at radius 1 is 0.422 bits per heavy atom. The molecule has 0 spiro atoms. The largest absolute Gasteiger partial charge is 0.394 e. The molecule has 0 aromatic rings. The number of carbonyl (C=O) groups is 1. The molecule has 2 aliphatic rings. The molecule has 0 aromatic carbocycles. The van der Waals surface area contributed by atoms with Gasteiger partial charge in [-0.3, -0.25) is 4.79 Å². The zero-order valence-corrected chi connectivity index (χ0v) is 53.0. The van der Waals surface area contributed by atoms with E-state index in [0.29, 0.717) is 12.8 Å². The normalized spacial score (nSPS) is 24.0. The SMILES string of the molecule is CCCCCCCCCCCC/C=C/CC/C=C/CC/C=C/C(O)C(COC1OC(CO)C(OC2OC(CO)C(O)C(O)C2O)C(O)C1O)NC(=O)CCCCCCCCCCCCCCCCCCCCCCCCCCCCCCC. The number of aliphatic hydroxyl groups is 8. The van der Waals surface area contributed by atoms with Gasteiger partial charge in [0.05, 0.1) is 32.0 Å². The second kappa shape index (κ2) is 54.4. The minimum Gasteiger partial charge on any atom is -0.394 e. The molecule has 83 heavy (non-hydrogen) atoms. The number of rotatable bonds is 57. The van der Waals surface area contributed by atoms with Crippen LogP contribution in [0.1, 0.15) is 303 Å². The van der Waals surface area contributed by atoms with Gasteiger partial charge in [-0.1, -0.05) is 288 Å². The molecule has 1 amide bonds. The zero-order valence-electron chi connectivity index (χ0n) is 53.0. The molecule has 0 aromatic heterocycles. The van der Waals surface area contributed by atoms with Gasteiger partial charge in [0, 0.05) is 6.42 Å². The first-order valence-corrected chi connectivity index (χ1v) is 34.7. The van der Waals surface area contributed by atoms with Crippen LogP contribution in [0, 0.1) is 0 Å². The summed E-state index contributed by atoms with van der Waals surface area (Å²) in [4.78, 5) is 13.3. The van der Waals surface area contributed by atoms with Gasteiger partial charge >= 0.3 is 0 Å². The lowest BCUT2D eigenvalue weighted by atomic mass is 9.97. The molecule has 12 atom stereocenters. The first kappa shape index (κ1) is 77.3. The van der Waals surface area contributed by atoms with Crippen LogP contribution in [-0.4, -0.2) is 140 Å². The maximum Gasteiger partial charge on any atom is 0.220 e. The molecule has 2 heterocycles. The highest BCUT2D eigenvalue weighted by molar-refractivity contribution is 5.76. The minimum atomic E-state index is -1.79. The summed E-state index contributed by atoms with van der Waals surface area (Å²) < 4.78 is 22.8. The summed E-state index contributed by atoms with van der Waals surface area (Å²) in [7, 11) is 0. The molecule has 2 rings (SSSR count). The summed E-state index contributed by atoms with van der Waals surface area (Å²) in [5, 5.41) is 87.3. The van der Waals surface area contributed by atoms with Crippen molar-refractivity contribution in [2.24, 2.45) is 0 Å². The Hall–Kier alpha value is -1.79. The van der Waals surface area contributed by atoms with Crippen LogP contribution in [-0.2, 0) is 23.7 Å². The van der Waals surface area contributed by atoms with Crippen molar-refractivity contribution in [2.45, 2.75) is 376 Å². The van der Waals surface area contributed by atoms with E-state index in [1.54, 1.807) is 6.08 Å². The monoisotopic (exact) mass is 1180 g/mol. The number of unbranched alkanes of at least 4 members (excludes halogenated alkanes) is 40. The summed E-state index contributed by atoms with van der Waals surface area (Å²) in [5.41, 5.74) is 0. The molecule has 0 bridgehead atoms. The molecule has 12 unspecified atom stereocenters. The number of carbonyl (C=O) groups excluding carboxylic acids is 1. The Balaban J connectivity index is 1.68. The number of hydrogen-bond donors (Lipinski definition) is 9. The lowest BCUT2D eigenvalue weighted by molar-refractivity contribution is -0.359. The standard InChI is InChI=1S/C69H129NO13/c1-3-5-7-9-11-13-15-17-19-21-23-25-26-27-28-29-30-31-32-33-35-37-39-41-43-45-47-49-51-53-61(74)70-57(58(73)52-50-48-46-44-42-40-38-36-34-24-22-20-18-16-14-12-10-8-6-4-2)56-80-68-66(79)64(77)67(60(55-72)82-68)83-69-65(78)63(76)62(75)59(54-71)81-69/h34,36,42,44,50,52,57-60,62-69,71-73,75-79H,3-33,35,37-41,43,45-49,51,53-56H2,1-2H3,(H,70,74)/b36-34+,44-42+,52-50+. The average Bonchev–Trinajstić information content (AvgIpc) is 3.67. The van der Waals surface area contributed by atoms with E-state index >= 15 is 0 Å². The van der Waals surface area contributed by atoms with Gasteiger partial charge in [0.2, 0.25) is 5.91 Å². The predicted molar refractivity (Wildman–Crippen MR) is 337 cm³/mol. The van der Waals surface area contributed by atoms with Crippen molar-refractivity contribution >= 4 is 5.91 Å². The highest BCUT2D eigenvalue weighted by Crippen LogP contribution is 2.30. The molecule has 14 heteroatoms. The van der Waals surface area contributed by atoms with Gasteiger partial charge in [-0.15, -0.1) is 0 Å². The number of aliphatic hydroxyl groups excluding tert-OH is 8. The molecule has 2 saturated heterocycles. The summed E-state index contributed by atoms with van der Waals surface area (Å²) in [6, 6.07) is -0.936. The van der Waals surface area contributed by atoms with Crippen molar-refractivity contribution in [1.82, 2.24) is 5.32 Å². The zero-order chi connectivity index (χ0) is 60.2. The molecule has 9 N–H and O–H groups in total. The fraction of sp³-hybridized carbons (Fsp3) is 0.899. The van der Waals surface area contributed by atoms with Crippen molar-refractivity contribution in [3.63, 3.8) is 0 Å². The van der Waals surface area contributed by atoms with Crippen LogP contribution in [0.2, 0.25) is 0 Å². The van der Waals surface area contributed by atoms with Crippen molar-refractivity contribution in [3.05, 3.63) is 36.5 Å². The number of allylic oxidation sites excluding steroid dienone is 5. The third-order valence-electron chi connectivity index (χ3n) is 17.1. The second-order valence-electron chi connectivity index (χ2n) is 24.6. The number of nitrogens with one attached hydrogen (secondary N) is 1. The Labute approximate surface area is 506 Å². The lowest BCUT2D eigenvalue weighted by Crippen LogP contribution is -2.65. The number of hydrogen-bond acceptors (Lipinski definition) is 13. The number of ether oxygens (including phenoxy) is 4. The Kier molecular flexibility index (Phi) is 50.6. The van der Waals surface area contributed by atoms with Crippen LogP contribution in [0.15, 0.2) is 36.5 Å². The third-order valence-corrected chi connectivity index (χ3v) is 17.1. The molecule has 2 aliphatic heterocycles. The molecule has 0 aliphatic carbocycles. The summed E-state index contributed by atoms with van der Waals surface area (Å²) in [6.07, 6.45) is 52.1. The average molecular weight is 1180 g/mol. The maximum absolute atomic E-state index is 13.3. The van der Waals surface area contributed by atoms with E-state index in [-0.39, 0.29) is 18.9 Å². The summed E-state index contributed by atoms with van der Waals surface area (Å²) >= 11 is 0. The maximum atomic E-state index is 13.3. The minimum absolute atomic E-state index is 0.247. The molecule has 0 radical (unpaired) electrons. The van der Waals surface area contributed by atoms with Gasteiger partial charge in [0.1, 0.15) is 48.8 Å². The van der Waals surface area contributed by atoms with Crippen LogP contribution in [0.25, 0.3) is 0 Å². The fourth-order valence-electron chi connectivity index (χ4n) is 11.5. The number of amides is 1. The van der Waals surface area contributed by atoms with Crippen molar-refractivity contribution in [1.29, 1.82) is 0 Å². The molecule has 0 saturated carbocycles. The highest BCUT2D eigenvalue weighted by atomic mass is 16.7. The first-order chi connectivity index (χ1) is 40.6. The molecule has 488 valence electrons. The van der Waals surface area contributed by atoms with Gasteiger partial charge in [0.15, 0.2) is 12.6 Å². The van der Waals surface area contributed by atoms with Crippen LogP contribution in [0.5, 0.6) is 0 Å². The van der Waals surface area contributed by atoms with Gasteiger partial charge in [-0.05, 0) is 44.9 Å². The van der Waals surface area contributed by atoms with E-state index in [4.69, 9.17) is 18.9 Å². The quantitative estimate of drug-likeness (QED) is 0.0204. The summed E-state index contributed by atoms with van der Waals surface area (Å²) in [6.45, 7) is 2.82. The van der Waals surface area contributed by atoms with Crippen molar-refractivity contribution in [3.8, 4) is 0 Å². The van der Waals surface area contributed by atoms with Gasteiger partial charge in [-0.2, -0.15) is 0 Å². The Morgan fingerprint density at radius 2 is 0.771 bits per heavy atom. The smallest absolute Gasteiger partial charge is 0.220 e. The molecular formula is C69H129NO13. The van der Waals surface area contributed by atoms with Gasteiger partial charge in [0.25, 0.3) is 0 Å². The van der Waals surface area contributed by atoms with Crippen LogP contribution in [0.3, 0.4) is 0 Å². The Bertz CT molecular complexity index is 1530. The van der Waals surface area contributed by atoms with Crippen LogP contribution < -0.4 is 5.32 Å². The van der Waals surface area contributed by atoms with Gasteiger partial charge < -0.3 is 65.1 Å². The summed E-state index contributed by atoms with van der Waals surface area (Å²) in [5.74, 6) is -0.247. The van der Waals surface area contributed by atoms with Crippen LogP contribution >= 0.6 is 0 Å². The van der Waals surface area contributed by atoms with Gasteiger partial charge in [-0.25, -0.2) is 0 Å². The van der Waals surface area contributed by atoms with E-state index < -0.39 is 86.8 Å². The van der Waals surface area contributed by atoms with Crippen molar-refractivity contribution in [2.75, 3.05) is 19.8 Å². The predicted octanol–water partition coefficient (Wildman–Crippen LogP) is 13.7. The first-order valence-electron chi connectivity index (χ1n) is 34.7. The molecular weight excluding hydrogens is 1050 g/mol.